The summed E-state index contributed by atoms with van der Waals surface area (Å²) >= 11 is 6.22. The minimum atomic E-state index is 0.559. The third-order valence-electron chi connectivity index (χ3n) is 5.26. The molecule has 1 aromatic heterocycles. The molecule has 146 valence electrons. The molecular weight excluding hydrogens is 376 g/mol. The van der Waals surface area contributed by atoms with E-state index in [0.29, 0.717) is 16.7 Å². The fraction of sp³-hybridized carbons (Fsp3) is 0.333. The van der Waals surface area contributed by atoms with E-state index in [9.17, 15) is 0 Å². The molecule has 1 fully saturated rings. The summed E-state index contributed by atoms with van der Waals surface area (Å²) in [7, 11) is 1.70. The molecule has 7 heteroatoms. The van der Waals surface area contributed by atoms with E-state index < -0.39 is 0 Å². The minimum Gasteiger partial charge on any atom is -0.497 e. The lowest BCUT2D eigenvalue weighted by Crippen LogP contribution is -3.27. The summed E-state index contributed by atoms with van der Waals surface area (Å²) in [6.07, 6.45) is 0. The molecule has 4 rings (SSSR count). The standard InChI is InChI=1S/C21H23ClN4O2/c1-27-17-8-6-16(7-9-17)14-25-10-12-26(13-11-25)15-20-23-21(24-28-20)18-4-2-3-5-19(18)22/h2-9H,10-15H2,1H3/p+2. The van der Waals surface area contributed by atoms with Crippen LogP contribution in [-0.2, 0) is 13.1 Å². The monoisotopic (exact) mass is 400 g/mol. The van der Waals surface area contributed by atoms with Gasteiger partial charge in [-0.2, -0.15) is 4.98 Å². The zero-order valence-electron chi connectivity index (χ0n) is 16.0. The van der Waals surface area contributed by atoms with Crippen molar-refractivity contribution >= 4 is 11.6 Å². The van der Waals surface area contributed by atoms with Crippen molar-refractivity contribution in [2.75, 3.05) is 33.3 Å². The van der Waals surface area contributed by atoms with E-state index in [4.69, 9.17) is 20.9 Å². The van der Waals surface area contributed by atoms with Crippen LogP contribution in [0, 0.1) is 0 Å². The van der Waals surface area contributed by atoms with E-state index in [0.717, 1.165) is 50.6 Å². The number of hydrogen-bond donors (Lipinski definition) is 2. The Morgan fingerprint density at radius 3 is 2.32 bits per heavy atom. The number of hydrogen-bond acceptors (Lipinski definition) is 4. The molecule has 1 aliphatic heterocycles. The number of quaternary nitrogens is 2. The average Bonchev–Trinajstić information content (AvgIpc) is 3.18. The highest BCUT2D eigenvalue weighted by atomic mass is 35.5. The lowest BCUT2D eigenvalue weighted by molar-refractivity contribution is -1.02. The van der Waals surface area contributed by atoms with E-state index >= 15 is 0 Å². The molecule has 0 atom stereocenters. The third kappa shape index (κ3) is 4.52. The van der Waals surface area contributed by atoms with Gasteiger partial charge in [-0.1, -0.05) is 28.9 Å². The van der Waals surface area contributed by atoms with Crippen molar-refractivity contribution in [1.29, 1.82) is 0 Å². The quantitative estimate of drug-likeness (QED) is 0.645. The smallest absolute Gasteiger partial charge is 0.282 e. The van der Waals surface area contributed by atoms with Crippen LogP contribution in [0.1, 0.15) is 11.5 Å². The zero-order valence-corrected chi connectivity index (χ0v) is 16.7. The summed E-state index contributed by atoms with van der Waals surface area (Å²) in [5.74, 6) is 2.14. The highest BCUT2D eigenvalue weighted by Gasteiger charge is 2.25. The summed E-state index contributed by atoms with van der Waals surface area (Å²) in [5.41, 5.74) is 2.16. The molecule has 1 saturated heterocycles. The molecule has 3 aromatic rings. The predicted octanol–water partition coefficient (Wildman–Crippen LogP) is 0.882. The Hall–Kier alpha value is -2.41. The van der Waals surface area contributed by atoms with Crippen molar-refractivity contribution in [1.82, 2.24) is 10.1 Å². The Balaban J connectivity index is 1.29. The molecule has 0 amide bonds. The van der Waals surface area contributed by atoms with Gasteiger partial charge in [0.25, 0.3) is 5.89 Å². The van der Waals surface area contributed by atoms with Crippen LogP contribution in [-0.4, -0.2) is 43.4 Å². The molecular formula is C21H25ClN4O2+2. The van der Waals surface area contributed by atoms with Gasteiger partial charge in [-0.25, -0.2) is 0 Å². The van der Waals surface area contributed by atoms with Gasteiger partial charge in [0.2, 0.25) is 5.82 Å². The first-order valence-corrected chi connectivity index (χ1v) is 9.96. The minimum absolute atomic E-state index is 0.559. The van der Waals surface area contributed by atoms with Crippen LogP contribution in [0.3, 0.4) is 0 Å². The Morgan fingerprint density at radius 2 is 1.64 bits per heavy atom. The van der Waals surface area contributed by atoms with E-state index in [1.807, 2.05) is 36.4 Å². The first-order valence-electron chi connectivity index (χ1n) is 9.59. The molecule has 2 aromatic carbocycles. The van der Waals surface area contributed by atoms with Crippen LogP contribution < -0.4 is 14.5 Å². The predicted molar refractivity (Wildman–Crippen MR) is 107 cm³/mol. The molecule has 28 heavy (non-hydrogen) atoms. The number of nitrogens with one attached hydrogen (secondary N) is 2. The summed E-state index contributed by atoms with van der Waals surface area (Å²) < 4.78 is 10.7. The van der Waals surface area contributed by atoms with Crippen molar-refractivity contribution in [3.63, 3.8) is 0 Å². The van der Waals surface area contributed by atoms with Crippen molar-refractivity contribution in [3.8, 4) is 17.1 Å². The Labute approximate surface area is 169 Å². The first-order chi connectivity index (χ1) is 13.7. The molecule has 6 nitrogen and oxygen atoms in total. The van der Waals surface area contributed by atoms with Gasteiger partial charge < -0.3 is 19.1 Å². The van der Waals surface area contributed by atoms with Crippen LogP contribution >= 0.6 is 11.6 Å². The molecule has 0 radical (unpaired) electrons. The topological polar surface area (TPSA) is 57.0 Å². The lowest BCUT2D eigenvalue weighted by Gasteiger charge is -2.29. The summed E-state index contributed by atoms with van der Waals surface area (Å²) in [6.45, 7) is 6.26. The van der Waals surface area contributed by atoms with Gasteiger partial charge in [-0.15, -0.1) is 0 Å². The van der Waals surface area contributed by atoms with Crippen LogP contribution in [0.4, 0.5) is 0 Å². The van der Waals surface area contributed by atoms with Crippen molar-refractivity contribution < 1.29 is 19.1 Å². The van der Waals surface area contributed by atoms with Gasteiger partial charge >= 0.3 is 0 Å². The number of ether oxygens (including phenoxy) is 1. The molecule has 0 aliphatic carbocycles. The zero-order chi connectivity index (χ0) is 19.3. The Bertz CT molecular complexity index is 905. The average molecular weight is 401 g/mol. The number of rotatable bonds is 6. The van der Waals surface area contributed by atoms with Crippen LogP contribution in [0.5, 0.6) is 5.75 Å². The van der Waals surface area contributed by atoms with E-state index in [-0.39, 0.29) is 0 Å². The van der Waals surface area contributed by atoms with Gasteiger partial charge in [0.15, 0.2) is 6.54 Å². The van der Waals surface area contributed by atoms with Crippen LogP contribution in [0.25, 0.3) is 11.4 Å². The molecule has 0 spiro atoms. The first kappa shape index (κ1) is 18.9. The third-order valence-corrected chi connectivity index (χ3v) is 5.59. The van der Waals surface area contributed by atoms with Gasteiger partial charge in [-0.3, -0.25) is 0 Å². The van der Waals surface area contributed by atoms with Crippen molar-refractivity contribution in [2.24, 2.45) is 0 Å². The van der Waals surface area contributed by atoms with Crippen molar-refractivity contribution in [2.45, 2.75) is 13.1 Å². The maximum absolute atomic E-state index is 6.22. The van der Waals surface area contributed by atoms with Gasteiger partial charge in [0.1, 0.15) is 38.5 Å². The second-order valence-electron chi connectivity index (χ2n) is 7.19. The molecule has 0 unspecified atom stereocenters. The number of aromatic nitrogens is 2. The van der Waals surface area contributed by atoms with Gasteiger partial charge in [0.05, 0.1) is 12.1 Å². The molecule has 0 bridgehead atoms. The molecule has 2 N–H and O–H groups in total. The second kappa shape index (κ2) is 8.73. The van der Waals surface area contributed by atoms with E-state index in [1.54, 1.807) is 12.0 Å². The summed E-state index contributed by atoms with van der Waals surface area (Å²) in [4.78, 5) is 7.62. The van der Waals surface area contributed by atoms with E-state index in [1.165, 1.54) is 10.5 Å². The SMILES string of the molecule is COc1ccc(C[NH+]2CC[NH+](Cc3nc(-c4ccccc4Cl)no3)CC2)cc1. The number of halogens is 1. The fourth-order valence-electron chi connectivity index (χ4n) is 3.64. The molecule has 1 aliphatic rings. The van der Waals surface area contributed by atoms with E-state index in [2.05, 4.69) is 22.3 Å². The number of methoxy groups -OCH3 is 1. The summed E-state index contributed by atoms with van der Waals surface area (Å²) in [6, 6.07) is 15.9. The van der Waals surface area contributed by atoms with Gasteiger partial charge in [-0.05, 0) is 36.4 Å². The lowest BCUT2D eigenvalue weighted by atomic mass is 10.2. The fourth-order valence-corrected chi connectivity index (χ4v) is 3.86. The number of benzene rings is 2. The van der Waals surface area contributed by atoms with Crippen LogP contribution in [0.15, 0.2) is 53.1 Å². The summed E-state index contributed by atoms with van der Waals surface area (Å²) in [5, 5.41) is 4.74. The Morgan fingerprint density at radius 1 is 0.964 bits per heavy atom. The molecule has 0 saturated carbocycles. The van der Waals surface area contributed by atoms with Crippen molar-refractivity contribution in [3.05, 3.63) is 65.0 Å². The highest BCUT2D eigenvalue weighted by Crippen LogP contribution is 2.24. The number of nitrogens with zero attached hydrogens (tertiary/aromatic N) is 2. The molecule has 2 heterocycles. The van der Waals surface area contributed by atoms with Crippen LogP contribution in [0.2, 0.25) is 5.02 Å². The maximum atomic E-state index is 6.22. The van der Waals surface area contributed by atoms with Gasteiger partial charge in [0, 0.05) is 11.1 Å². The second-order valence-corrected chi connectivity index (χ2v) is 7.60. The number of piperazine rings is 1. The highest BCUT2D eigenvalue weighted by molar-refractivity contribution is 6.33. The normalized spacial score (nSPS) is 19.5. The maximum Gasteiger partial charge on any atom is 0.282 e. The Kier molecular flexibility index (Phi) is 5.90. The largest absolute Gasteiger partial charge is 0.497 e.